The van der Waals surface area contributed by atoms with E-state index in [9.17, 15) is 0 Å². The van der Waals surface area contributed by atoms with E-state index in [1.165, 1.54) is 25.7 Å². The molecule has 1 aromatic rings. The second-order valence-corrected chi connectivity index (χ2v) is 5.87. The molecule has 1 aromatic heterocycles. The predicted octanol–water partition coefficient (Wildman–Crippen LogP) is 3.97. The maximum atomic E-state index is 4.29. The zero-order chi connectivity index (χ0) is 9.64. The van der Waals surface area contributed by atoms with E-state index in [0.717, 1.165) is 10.3 Å². The van der Waals surface area contributed by atoms with Crippen molar-refractivity contribution in [3.05, 3.63) is 30.8 Å². The summed E-state index contributed by atoms with van der Waals surface area (Å²) < 4.78 is 0. The molecular weight excluding hydrogens is 210 g/mol. The lowest BCUT2D eigenvalue weighted by molar-refractivity contribution is 0.605. The van der Waals surface area contributed by atoms with E-state index in [1.54, 1.807) is 10.8 Å². The maximum Gasteiger partial charge on any atom is 0.106 e. The first-order chi connectivity index (χ1) is 6.95. The van der Waals surface area contributed by atoms with Gasteiger partial charge in [0, 0.05) is 11.4 Å². The van der Waals surface area contributed by atoms with Gasteiger partial charge in [0.2, 0.25) is 0 Å². The third-order valence-electron chi connectivity index (χ3n) is 2.27. The van der Waals surface area contributed by atoms with Crippen molar-refractivity contribution in [1.82, 2.24) is 4.98 Å². The van der Waals surface area contributed by atoms with E-state index in [2.05, 4.69) is 17.5 Å². The minimum Gasteiger partial charge on any atom is -0.249 e. The summed E-state index contributed by atoms with van der Waals surface area (Å²) in [4.78, 5) is 4.29. The first-order valence-corrected chi connectivity index (χ1v) is 7.24. The molecule has 14 heavy (non-hydrogen) atoms. The number of aromatic nitrogens is 1. The number of hydrogen-bond donors (Lipinski definition) is 0. The van der Waals surface area contributed by atoms with Gasteiger partial charge in [-0.15, -0.1) is 0 Å². The maximum absolute atomic E-state index is 4.29. The van der Waals surface area contributed by atoms with Crippen LogP contribution in [0.5, 0.6) is 0 Å². The zero-order valence-electron chi connectivity index (χ0n) is 8.06. The lowest BCUT2D eigenvalue weighted by Gasteiger charge is -2.19. The van der Waals surface area contributed by atoms with Crippen LogP contribution in [0, 0.1) is 6.42 Å². The first-order valence-electron chi connectivity index (χ1n) is 5.03. The normalized spacial score (nSPS) is 18.3. The third kappa shape index (κ3) is 3.21. The lowest BCUT2D eigenvalue weighted by Crippen LogP contribution is -2.07. The molecule has 1 atom stereocenters. The summed E-state index contributed by atoms with van der Waals surface area (Å²) >= 11 is 0. The quantitative estimate of drug-likeness (QED) is 0.721. The van der Waals surface area contributed by atoms with E-state index >= 15 is 0 Å². The topological polar surface area (TPSA) is 12.9 Å². The molecule has 0 unspecified atom stereocenters. The molecule has 1 fully saturated rings. The van der Waals surface area contributed by atoms with Crippen LogP contribution in [0.2, 0.25) is 0 Å². The highest BCUT2D eigenvalue weighted by atomic mass is 33.1. The molecule has 0 amide bonds. The average Bonchev–Trinajstić information content (AvgIpc) is 2.29. The Balaban J connectivity index is 1.76. The molecule has 1 aliphatic rings. The van der Waals surface area contributed by atoms with Crippen LogP contribution in [0.25, 0.3) is 0 Å². The fourth-order valence-corrected chi connectivity index (χ4v) is 3.93. The smallest absolute Gasteiger partial charge is 0.106 e. The van der Waals surface area contributed by atoms with Crippen LogP contribution in [0.1, 0.15) is 25.7 Å². The molecule has 0 N–H and O–H groups in total. The fraction of sp³-hybridized carbons (Fsp3) is 0.455. The summed E-state index contributed by atoms with van der Waals surface area (Å²) in [5.41, 5.74) is 0. The van der Waals surface area contributed by atoms with E-state index < -0.39 is 0 Å². The highest BCUT2D eigenvalue weighted by molar-refractivity contribution is 8.76. The van der Waals surface area contributed by atoms with E-state index in [1.807, 2.05) is 29.1 Å². The van der Waals surface area contributed by atoms with Crippen molar-refractivity contribution >= 4 is 21.6 Å². The van der Waals surface area contributed by atoms with Gasteiger partial charge in [0.1, 0.15) is 5.03 Å². The average molecular weight is 224 g/mol. The fourth-order valence-electron chi connectivity index (χ4n) is 1.51. The van der Waals surface area contributed by atoms with Crippen molar-refractivity contribution in [3.63, 3.8) is 0 Å². The minimum atomic E-state index is 0.732. The SMILES string of the molecule is [CH]1CCCC[C@H]1SSc1ccccn1. The molecule has 0 bridgehead atoms. The molecule has 0 aromatic carbocycles. The molecule has 1 saturated carbocycles. The number of rotatable bonds is 3. The number of nitrogens with zero attached hydrogens (tertiary/aromatic N) is 1. The van der Waals surface area contributed by atoms with Crippen LogP contribution in [-0.4, -0.2) is 10.2 Å². The van der Waals surface area contributed by atoms with Gasteiger partial charge in [-0.25, -0.2) is 4.98 Å². The van der Waals surface area contributed by atoms with Crippen LogP contribution in [0.3, 0.4) is 0 Å². The van der Waals surface area contributed by atoms with Crippen LogP contribution in [0.15, 0.2) is 29.4 Å². The lowest BCUT2D eigenvalue weighted by atomic mass is 10.0. The summed E-state index contributed by atoms with van der Waals surface area (Å²) in [6, 6.07) is 6.07. The molecule has 75 valence electrons. The van der Waals surface area contributed by atoms with Crippen molar-refractivity contribution < 1.29 is 0 Å². The summed E-state index contributed by atoms with van der Waals surface area (Å²) in [7, 11) is 3.75. The Kier molecular flexibility index (Phi) is 4.20. The molecular formula is C11H14NS2. The second kappa shape index (κ2) is 5.66. The van der Waals surface area contributed by atoms with Gasteiger partial charge in [0.25, 0.3) is 0 Å². The van der Waals surface area contributed by atoms with Crippen molar-refractivity contribution in [3.8, 4) is 0 Å². The van der Waals surface area contributed by atoms with E-state index in [0.29, 0.717) is 0 Å². The van der Waals surface area contributed by atoms with Gasteiger partial charge < -0.3 is 0 Å². The van der Waals surface area contributed by atoms with Crippen molar-refractivity contribution in [2.75, 3.05) is 0 Å². The van der Waals surface area contributed by atoms with Crippen molar-refractivity contribution in [2.24, 2.45) is 0 Å². The van der Waals surface area contributed by atoms with Crippen LogP contribution in [-0.2, 0) is 0 Å². The molecule has 0 spiro atoms. The van der Waals surface area contributed by atoms with Gasteiger partial charge in [-0.05, 0) is 42.2 Å². The Morgan fingerprint density at radius 3 is 3.00 bits per heavy atom. The van der Waals surface area contributed by atoms with Gasteiger partial charge in [0.05, 0.1) is 0 Å². The van der Waals surface area contributed by atoms with Gasteiger partial charge >= 0.3 is 0 Å². The Bertz CT molecular complexity index is 257. The number of hydrogen-bond acceptors (Lipinski definition) is 3. The molecule has 0 saturated heterocycles. The molecule has 1 heterocycles. The Morgan fingerprint density at radius 1 is 1.29 bits per heavy atom. The molecule has 0 aliphatic heterocycles. The van der Waals surface area contributed by atoms with Crippen molar-refractivity contribution in [2.45, 2.75) is 36.0 Å². The summed E-state index contributed by atoms with van der Waals surface area (Å²) in [5, 5.41) is 1.85. The number of pyridine rings is 1. The monoisotopic (exact) mass is 224 g/mol. The third-order valence-corrected chi connectivity index (χ3v) is 4.99. The van der Waals surface area contributed by atoms with Crippen molar-refractivity contribution in [1.29, 1.82) is 0 Å². The highest BCUT2D eigenvalue weighted by Gasteiger charge is 2.14. The minimum absolute atomic E-state index is 0.732. The van der Waals surface area contributed by atoms with Crippen LogP contribution < -0.4 is 0 Å². The van der Waals surface area contributed by atoms with Gasteiger partial charge in [0.15, 0.2) is 0 Å². The Hall–Kier alpha value is -0.150. The Morgan fingerprint density at radius 2 is 2.29 bits per heavy atom. The molecule has 1 aliphatic carbocycles. The van der Waals surface area contributed by atoms with E-state index in [4.69, 9.17) is 0 Å². The summed E-state index contributed by atoms with van der Waals surface area (Å²) in [5.74, 6) is 0. The molecule has 1 radical (unpaired) electrons. The largest absolute Gasteiger partial charge is 0.249 e. The molecule has 1 nitrogen and oxygen atoms in total. The summed E-state index contributed by atoms with van der Waals surface area (Å²) in [6.45, 7) is 0. The Labute approximate surface area is 93.5 Å². The first kappa shape index (κ1) is 10.4. The molecule has 3 heteroatoms. The second-order valence-electron chi connectivity index (χ2n) is 3.41. The highest BCUT2D eigenvalue weighted by Crippen LogP contribution is 2.38. The van der Waals surface area contributed by atoms with Gasteiger partial charge in [-0.1, -0.05) is 29.7 Å². The van der Waals surface area contributed by atoms with Crippen LogP contribution in [0.4, 0.5) is 0 Å². The molecule has 2 rings (SSSR count). The standard InChI is InChI=1S/C11H14NS2/c1-2-6-10(7-3-1)13-14-11-8-4-5-9-12-11/h4-6,8-10H,1-3,7H2/t10-/m0/s1. The van der Waals surface area contributed by atoms with Crippen LogP contribution >= 0.6 is 21.6 Å². The van der Waals surface area contributed by atoms with E-state index in [-0.39, 0.29) is 0 Å². The van der Waals surface area contributed by atoms with Gasteiger partial charge in [-0.3, -0.25) is 0 Å². The zero-order valence-corrected chi connectivity index (χ0v) is 9.69. The summed E-state index contributed by atoms with van der Waals surface area (Å²) in [6.07, 6.45) is 9.70. The predicted molar refractivity (Wildman–Crippen MR) is 64.2 cm³/mol. The van der Waals surface area contributed by atoms with Gasteiger partial charge in [-0.2, -0.15) is 0 Å².